The van der Waals surface area contributed by atoms with E-state index in [2.05, 4.69) is 45.4 Å². The number of rotatable bonds is 2. The molecule has 1 N–H and O–H groups in total. The van der Waals surface area contributed by atoms with Gasteiger partial charge in [0.1, 0.15) is 0 Å². The van der Waals surface area contributed by atoms with Gasteiger partial charge in [-0.2, -0.15) is 0 Å². The number of carbonyl (C=O) groups excluding carboxylic acids is 1. The van der Waals surface area contributed by atoms with Crippen molar-refractivity contribution in [3.05, 3.63) is 59.0 Å². The summed E-state index contributed by atoms with van der Waals surface area (Å²) in [6, 6.07) is 0. The predicted molar refractivity (Wildman–Crippen MR) is 73.9 cm³/mol. The van der Waals surface area contributed by atoms with Crippen molar-refractivity contribution in [2.45, 2.75) is 26.7 Å². The fourth-order valence-electron chi connectivity index (χ4n) is 2.38. The van der Waals surface area contributed by atoms with Crippen LogP contribution in [0.5, 0.6) is 0 Å². The topological polar surface area (TPSA) is 21.5 Å². The Morgan fingerprint density at radius 3 is 1.94 bits per heavy atom. The Labute approximate surface area is 109 Å². The van der Waals surface area contributed by atoms with Crippen molar-refractivity contribution in [3.8, 4) is 0 Å². The van der Waals surface area contributed by atoms with Gasteiger partial charge in [-0.1, -0.05) is 13.8 Å². The lowest BCUT2D eigenvalue weighted by Crippen LogP contribution is -2.99. The SMILES string of the molecule is CCC1=CC(=O)C=C(CC)C1=C1C=C[NH+](C)C=C1. The van der Waals surface area contributed by atoms with Crippen LogP contribution in [-0.4, -0.2) is 12.8 Å². The molecule has 0 aromatic carbocycles. The molecular weight excluding hydrogens is 222 g/mol. The number of carbonyl (C=O) groups is 1. The lowest BCUT2D eigenvalue weighted by atomic mass is 9.84. The van der Waals surface area contributed by atoms with Gasteiger partial charge in [-0.15, -0.1) is 0 Å². The Morgan fingerprint density at radius 1 is 1.00 bits per heavy atom. The Balaban J connectivity index is 2.52. The molecule has 0 bridgehead atoms. The van der Waals surface area contributed by atoms with Crippen LogP contribution in [0.2, 0.25) is 0 Å². The van der Waals surface area contributed by atoms with E-state index in [0.29, 0.717) is 0 Å². The molecule has 2 heteroatoms. The molecule has 1 heterocycles. The first-order valence-electron chi connectivity index (χ1n) is 6.55. The van der Waals surface area contributed by atoms with Crippen LogP contribution < -0.4 is 4.90 Å². The fourth-order valence-corrected chi connectivity index (χ4v) is 2.38. The van der Waals surface area contributed by atoms with Crippen LogP contribution in [0.3, 0.4) is 0 Å². The summed E-state index contributed by atoms with van der Waals surface area (Å²) in [4.78, 5) is 12.9. The van der Waals surface area contributed by atoms with Crippen LogP contribution in [0.25, 0.3) is 0 Å². The minimum atomic E-state index is 0.125. The lowest BCUT2D eigenvalue weighted by Gasteiger charge is -2.20. The molecule has 2 rings (SSSR count). The molecule has 0 aromatic rings. The molecule has 0 saturated heterocycles. The highest BCUT2D eigenvalue weighted by molar-refractivity contribution is 6.03. The summed E-state index contributed by atoms with van der Waals surface area (Å²) in [5.74, 6) is 0.125. The summed E-state index contributed by atoms with van der Waals surface area (Å²) in [5.41, 5.74) is 4.78. The van der Waals surface area contributed by atoms with Crippen molar-refractivity contribution in [2.75, 3.05) is 7.05 Å². The predicted octanol–water partition coefficient (Wildman–Crippen LogP) is 2.09. The maximum absolute atomic E-state index is 11.7. The third-order valence-corrected chi connectivity index (χ3v) is 3.38. The first kappa shape index (κ1) is 12.8. The summed E-state index contributed by atoms with van der Waals surface area (Å²) >= 11 is 0. The second kappa shape index (κ2) is 5.32. The summed E-state index contributed by atoms with van der Waals surface area (Å²) in [5, 5.41) is 0. The molecular formula is C16H20NO+. The molecule has 18 heavy (non-hydrogen) atoms. The standard InChI is InChI=1S/C16H19NO/c1-4-12-10-15(18)11-13(5-2)16(12)14-6-8-17(3)9-7-14/h6-11H,4-5H2,1-3H3/p+1. The minimum Gasteiger partial charge on any atom is -0.290 e. The summed E-state index contributed by atoms with van der Waals surface area (Å²) in [7, 11) is 2.09. The average molecular weight is 242 g/mol. The molecule has 94 valence electrons. The van der Waals surface area contributed by atoms with E-state index in [4.69, 9.17) is 0 Å². The molecule has 0 unspecified atom stereocenters. The minimum absolute atomic E-state index is 0.125. The molecule has 0 radical (unpaired) electrons. The molecule has 0 atom stereocenters. The summed E-state index contributed by atoms with van der Waals surface area (Å²) in [6.45, 7) is 4.21. The summed E-state index contributed by atoms with van der Waals surface area (Å²) in [6.07, 6.45) is 13.9. The molecule has 0 saturated carbocycles. The summed E-state index contributed by atoms with van der Waals surface area (Å²) < 4.78 is 0. The average Bonchev–Trinajstić information content (AvgIpc) is 2.39. The lowest BCUT2D eigenvalue weighted by molar-refractivity contribution is -0.766. The van der Waals surface area contributed by atoms with Crippen LogP contribution in [-0.2, 0) is 4.79 Å². The van der Waals surface area contributed by atoms with Crippen molar-refractivity contribution < 1.29 is 9.69 Å². The van der Waals surface area contributed by atoms with Crippen molar-refractivity contribution >= 4 is 5.78 Å². The molecule has 0 fully saturated rings. The molecule has 1 aliphatic heterocycles. The normalized spacial score (nSPS) is 23.3. The van der Waals surface area contributed by atoms with Gasteiger partial charge in [0, 0.05) is 0 Å². The highest BCUT2D eigenvalue weighted by Gasteiger charge is 2.19. The fraction of sp³-hybridized carbons (Fsp3) is 0.312. The molecule has 2 nitrogen and oxygen atoms in total. The zero-order valence-corrected chi connectivity index (χ0v) is 11.3. The zero-order valence-electron chi connectivity index (χ0n) is 11.3. The number of quaternary nitrogens is 1. The van der Waals surface area contributed by atoms with Gasteiger partial charge in [-0.25, -0.2) is 0 Å². The number of hydrogen-bond acceptors (Lipinski definition) is 1. The molecule has 0 aromatic heterocycles. The van der Waals surface area contributed by atoms with E-state index in [1.807, 2.05) is 0 Å². The van der Waals surface area contributed by atoms with Crippen LogP contribution >= 0.6 is 0 Å². The van der Waals surface area contributed by atoms with Gasteiger partial charge in [-0.3, -0.25) is 9.69 Å². The highest BCUT2D eigenvalue weighted by atomic mass is 16.1. The number of nitrogens with one attached hydrogen (secondary N) is 1. The quantitative estimate of drug-likeness (QED) is 0.786. The van der Waals surface area contributed by atoms with Crippen molar-refractivity contribution in [1.82, 2.24) is 0 Å². The molecule has 1 aliphatic carbocycles. The third-order valence-electron chi connectivity index (χ3n) is 3.38. The number of allylic oxidation sites excluding steroid dienone is 8. The number of ketones is 1. The van der Waals surface area contributed by atoms with E-state index in [1.54, 1.807) is 12.2 Å². The van der Waals surface area contributed by atoms with Gasteiger partial charge >= 0.3 is 0 Å². The zero-order chi connectivity index (χ0) is 13.1. The van der Waals surface area contributed by atoms with E-state index in [0.717, 1.165) is 24.0 Å². The monoisotopic (exact) mass is 242 g/mol. The van der Waals surface area contributed by atoms with Gasteiger partial charge in [-0.05, 0) is 59.4 Å². The highest BCUT2D eigenvalue weighted by Crippen LogP contribution is 2.32. The second-order valence-electron chi connectivity index (χ2n) is 4.69. The maximum atomic E-state index is 11.7. The van der Waals surface area contributed by atoms with E-state index in [9.17, 15) is 4.79 Å². The second-order valence-corrected chi connectivity index (χ2v) is 4.69. The smallest absolute Gasteiger partial charge is 0.179 e. The Morgan fingerprint density at radius 2 is 1.50 bits per heavy atom. The molecule has 0 spiro atoms. The van der Waals surface area contributed by atoms with Gasteiger partial charge in [0.2, 0.25) is 0 Å². The largest absolute Gasteiger partial charge is 0.290 e. The van der Waals surface area contributed by atoms with Crippen molar-refractivity contribution in [1.29, 1.82) is 0 Å². The van der Waals surface area contributed by atoms with Gasteiger partial charge < -0.3 is 0 Å². The van der Waals surface area contributed by atoms with Crippen LogP contribution in [0.15, 0.2) is 59.0 Å². The Hall–Kier alpha value is -1.67. The van der Waals surface area contributed by atoms with Gasteiger partial charge in [0.05, 0.1) is 19.4 Å². The number of hydrogen-bond donors (Lipinski definition) is 1. The molecule has 2 aliphatic rings. The van der Waals surface area contributed by atoms with Crippen molar-refractivity contribution in [2.24, 2.45) is 0 Å². The van der Waals surface area contributed by atoms with E-state index in [-0.39, 0.29) is 5.78 Å². The van der Waals surface area contributed by atoms with E-state index in [1.165, 1.54) is 16.0 Å². The Kier molecular flexibility index (Phi) is 3.78. The first-order valence-corrected chi connectivity index (χ1v) is 6.55. The van der Waals surface area contributed by atoms with Crippen LogP contribution in [0.4, 0.5) is 0 Å². The van der Waals surface area contributed by atoms with E-state index >= 15 is 0 Å². The van der Waals surface area contributed by atoms with Crippen LogP contribution in [0.1, 0.15) is 26.7 Å². The van der Waals surface area contributed by atoms with Crippen molar-refractivity contribution in [3.63, 3.8) is 0 Å². The van der Waals surface area contributed by atoms with Gasteiger partial charge in [0.25, 0.3) is 0 Å². The third kappa shape index (κ3) is 2.44. The molecule has 0 amide bonds. The first-order chi connectivity index (χ1) is 8.65. The maximum Gasteiger partial charge on any atom is 0.179 e. The van der Waals surface area contributed by atoms with Crippen LogP contribution in [0, 0.1) is 0 Å². The Bertz CT molecular complexity index is 473. The van der Waals surface area contributed by atoms with Gasteiger partial charge in [0.15, 0.2) is 5.78 Å². The van der Waals surface area contributed by atoms with E-state index < -0.39 is 0 Å².